The zero-order valence-electron chi connectivity index (χ0n) is 6.31. The minimum Gasteiger partial charge on any atom is -0.389 e. The van der Waals surface area contributed by atoms with Gasteiger partial charge in [-0.1, -0.05) is 0 Å². The van der Waals surface area contributed by atoms with Gasteiger partial charge in [0.05, 0.1) is 6.10 Å². The van der Waals surface area contributed by atoms with Crippen molar-refractivity contribution < 1.29 is 5.11 Å². The second-order valence-electron chi connectivity index (χ2n) is 2.46. The van der Waals surface area contributed by atoms with Crippen molar-refractivity contribution in [2.75, 3.05) is 0 Å². The summed E-state index contributed by atoms with van der Waals surface area (Å²) in [5.74, 6) is 0. The molecule has 0 heterocycles. The van der Waals surface area contributed by atoms with Crippen LogP contribution in [-0.2, 0) is 0 Å². The molecule has 0 saturated carbocycles. The van der Waals surface area contributed by atoms with Crippen molar-refractivity contribution in [3.8, 4) is 0 Å². The highest BCUT2D eigenvalue weighted by Gasteiger charge is 2.10. The molecule has 1 aromatic rings. The first kappa shape index (κ1) is 11.4. The van der Waals surface area contributed by atoms with E-state index in [0.29, 0.717) is 0 Å². The van der Waals surface area contributed by atoms with Gasteiger partial charge in [-0.05, 0) is 86.8 Å². The quantitative estimate of drug-likeness (QED) is 0.586. The SMILES string of the molecule is CC(O)c1c(I)cc(I)cc1I. The summed E-state index contributed by atoms with van der Waals surface area (Å²) in [7, 11) is 0. The van der Waals surface area contributed by atoms with E-state index < -0.39 is 0 Å². The van der Waals surface area contributed by atoms with E-state index in [4.69, 9.17) is 0 Å². The Morgan fingerprint density at radius 1 is 1.17 bits per heavy atom. The lowest BCUT2D eigenvalue weighted by Crippen LogP contribution is -1.99. The molecule has 1 nitrogen and oxygen atoms in total. The van der Waals surface area contributed by atoms with Gasteiger partial charge in [-0.3, -0.25) is 0 Å². The summed E-state index contributed by atoms with van der Waals surface area (Å²) in [5.41, 5.74) is 1.04. The molecule has 1 aromatic carbocycles. The molecule has 1 atom stereocenters. The van der Waals surface area contributed by atoms with Crippen LogP contribution in [0.15, 0.2) is 12.1 Å². The zero-order valence-corrected chi connectivity index (χ0v) is 12.8. The second kappa shape index (κ2) is 4.74. The fourth-order valence-corrected chi connectivity index (χ4v) is 5.44. The third-order valence-electron chi connectivity index (χ3n) is 1.46. The molecule has 1 N–H and O–H groups in total. The van der Waals surface area contributed by atoms with Gasteiger partial charge in [-0.25, -0.2) is 0 Å². The van der Waals surface area contributed by atoms with Crippen LogP contribution in [0.4, 0.5) is 0 Å². The van der Waals surface area contributed by atoms with Gasteiger partial charge in [-0.2, -0.15) is 0 Å². The van der Waals surface area contributed by atoms with Crippen molar-refractivity contribution in [1.82, 2.24) is 0 Å². The number of hydrogen-bond donors (Lipinski definition) is 1. The molecule has 66 valence electrons. The van der Waals surface area contributed by atoms with Crippen LogP contribution in [0.25, 0.3) is 0 Å². The molecular weight excluding hydrogens is 493 g/mol. The molecule has 0 aliphatic heterocycles. The molecule has 0 amide bonds. The summed E-state index contributed by atoms with van der Waals surface area (Å²) in [6.07, 6.45) is -0.374. The van der Waals surface area contributed by atoms with Gasteiger partial charge < -0.3 is 5.11 Å². The fourth-order valence-electron chi connectivity index (χ4n) is 0.952. The predicted octanol–water partition coefficient (Wildman–Crippen LogP) is 3.55. The van der Waals surface area contributed by atoms with Crippen molar-refractivity contribution in [2.45, 2.75) is 13.0 Å². The van der Waals surface area contributed by atoms with Gasteiger partial charge in [-0.15, -0.1) is 0 Å². The van der Waals surface area contributed by atoms with Crippen LogP contribution in [0.3, 0.4) is 0 Å². The highest BCUT2D eigenvalue weighted by molar-refractivity contribution is 14.1. The zero-order chi connectivity index (χ0) is 9.30. The summed E-state index contributed by atoms with van der Waals surface area (Å²) in [6, 6.07) is 4.15. The Hall–Kier alpha value is 1.37. The summed E-state index contributed by atoms with van der Waals surface area (Å²) in [6.45, 7) is 1.80. The lowest BCUT2D eigenvalue weighted by Gasteiger charge is -2.10. The average Bonchev–Trinajstić information content (AvgIpc) is 1.82. The number of aliphatic hydroxyl groups is 1. The number of halogens is 3. The van der Waals surface area contributed by atoms with Gasteiger partial charge in [0.25, 0.3) is 0 Å². The maximum Gasteiger partial charge on any atom is 0.0782 e. The molecule has 4 heteroatoms. The molecule has 1 unspecified atom stereocenters. The van der Waals surface area contributed by atoms with Crippen LogP contribution in [-0.4, -0.2) is 5.11 Å². The van der Waals surface area contributed by atoms with E-state index in [2.05, 4.69) is 79.9 Å². The van der Waals surface area contributed by atoms with Crippen LogP contribution in [0, 0.1) is 10.7 Å². The molecule has 0 aliphatic rings. The topological polar surface area (TPSA) is 20.2 Å². The Morgan fingerprint density at radius 3 is 1.92 bits per heavy atom. The Labute approximate surface area is 113 Å². The number of benzene rings is 1. The third kappa shape index (κ3) is 2.68. The van der Waals surface area contributed by atoms with Gasteiger partial charge in [0.15, 0.2) is 0 Å². The first-order valence-corrected chi connectivity index (χ1v) is 6.58. The smallest absolute Gasteiger partial charge is 0.0782 e. The Bertz CT molecular complexity index is 273. The molecule has 0 aromatic heterocycles. The van der Waals surface area contributed by atoms with Gasteiger partial charge in [0.2, 0.25) is 0 Å². The van der Waals surface area contributed by atoms with Crippen LogP contribution in [0.1, 0.15) is 18.6 Å². The van der Waals surface area contributed by atoms with Crippen molar-refractivity contribution in [3.63, 3.8) is 0 Å². The fraction of sp³-hybridized carbons (Fsp3) is 0.250. The first-order chi connectivity index (χ1) is 5.52. The molecule has 0 spiro atoms. The van der Waals surface area contributed by atoms with E-state index in [1.807, 2.05) is 0 Å². The highest BCUT2D eigenvalue weighted by atomic mass is 127. The van der Waals surface area contributed by atoms with Crippen LogP contribution in [0.2, 0.25) is 0 Å². The summed E-state index contributed by atoms with van der Waals surface area (Å²) < 4.78 is 3.49. The standard InChI is InChI=1S/C8H7I3O/c1-4(12)8-6(10)2-5(9)3-7(8)11/h2-4,12H,1H3. The van der Waals surface area contributed by atoms with E-state index in [1.54, 1.807) is 6.92 Å². The van der Waals surface area contributed by atoms with Gasteiger partial charge in [0.1, 0.15) is 0 Å². The largest absolute Gasteiger partial charge is 0.389 e. The molecule has 0 aliphatic carbocycles. The maximum atomic E-state index is 9.46. The number of hydrogen-bond acceptors (Lipinski definition) is 1. The molecule has 0 saturated heterocycles. The lowest BCUT2D eigenvalue weighted by atomic mass is 10.1. The molecular formula is C8H7I3O. The highest BCUT2D eigenvalue weighted by Crippen LogP contribution is 2.27. The van der Waals surface area contributed by atoms with E-state index in [1.165, 1.54) is 3.57 Å². The first-order valence-electron chi connectivity index (χ1n) is 3.35. The third-order valence-corrected chi connectivity index (χ3v) is 3.87. The second-order valence-corrected chi connectivity index (χ2v) is 6.03. The van der Waals surface area contributed by atoms with E-state index in [-0.39, 0.29) is 6.10 Å². The Morgan fingerprint density at radius 2 is 1.58 bits per heavy atom. The monoisotopic (exact) mass is 500 g/mol. The summed E-state index contributed by atoms with van der Waals surface area (Å²) in [4.78, 5) is 0. The van der Waals surface area contributed by atoms with Crippen LogP contribution in [0.5, 0.6) is 0 Å². The molecule has 0 fully saturated rings. The number of rotatable bonds is 1. The van der Waals surface area contributed by atoms with Crippen molar-refractivity contribution >= 4 is 67.8 Å². The minimum absolute atomic E-state index is 0.374. The summed E-state index contributed by atoms with van der Waals surface area (Å²) in [5, 5.41) is 9.46. The normalized spacial score (nSPS) is 13.1. The van der Waals surface area contributed by atoms with E-state index in [9.17, 15) is 5.11 Å². The Balaban J connectivity index is 3.28. The summed E-state index contributed by atoms with van der Waals surface area (Å²) >= 11 is 6.79. The lowest BCUT2D eigenvalue weighted by molar-refractivity contribution is 0.197. The van der Waals surface area contributed by atoms with Crippen molar-refractivity contribution in [3.05, 3.63) is 28.4 Å². The maximum absolute atomic E-state index is 9.46. The molecule has 0 bridgehead atoms. The van der Waals surface area contributed by atoms with Gasteiger partial charge in [0, 0.05) is 16.3 Å². The molecule has 1 rings (SSSR count). The van der Waals surface area contributed by atoms with Crippen molar-refractivity contribution in [1.29, 1.82) is 0 Å². The van der Waals surface area contributed by atoms with Crippen LogP contribution >= 0.6 is 67.8 Å². The molecule has 12 heavy (non-hydrogen) atoms. The van der Waals surface area contributed by atoms with E-state index in [0.717, 1.165) is 12.7 Å². The predicted molar refractivity (Wildman–Crippen MR) is 75.2 cm³/mol. The van der Waals surface area contributed by atoms with Gasteiger partial charge >= 0.3 is 0 Å². The Kier molecular flexibility index (Phi) is 4.52. The van der Waals surface area contributed by atoms with Crippen LogP contribution < -0.4 is 0 Å². The molecule has 0 radical (unpaired) electrons. The number of aliphatic hydroxyl groups excluding tert-OH is 1. The van der Waals surface area contributed by atoms with Crippen molar-refractivity contribution in [2.24, 2.45) is 0 Å². The van der Waals surface area contributed by atoms with E-state index >= 15 is 0 Å². The average molecular weight is 500 g/mol. The minimum atomic E-state index is -0.374.